The van der Waals surface area contributed by atoms with Crippen LogP contribution in [-0.4, -0.2) is 104 Å². The van der Waals surface area contributed by atoms with Crippen LogP contribution in [0, 0.1) is 12.7 Å². The van der Waals surface area contributed by atoms with Crippen molar-refractivity contribution in [2.75, 3.05) is 56.5 Å². The summed E-state index contributed by atoms with van der Waals surface area (Å²) in [5, 5.41) is 17.4. The number of piperazine rings is 1. The topological polar surface area (TPSA) is 108 Å². The van der Waals surface area contributed by atoms with Gasteiger partial charge in [-0.2, -0.15) is 5.10 Å². The number of fused-ring (bicyclic) bond motifs is 1. The van der Waals surface area contributed by atoms with E-state index in [1.807, 2.05) is 6.92 Å². The number of piperidine rings is 1. The normalized spacial score (nSPS) is 22.1. The number of aliphatic hydroxyl groups is 1. The van der Waals surface area contributed by atoms with E-state index in [2.05, 4.69) is 59.9 Å². The Morgan fingerprint density at radius 1 is 0.957 bits per heavy atom. The number of amides is 1. The molecule has 12 heteroatoms. The van der Waals surface area contributed by atoms with Gasteiger partial charge in [-0.25, -0.2) is 9.37 Å². The van der Waals surface area contributed by atoms with Crippen molar-refractivity contribution in [2.24, 2.45) is 7.05 Å². The molecule has 244 valence electrons. The molecule has 1 saturated carbocycles. The number of carbonyl (C=O) groups excluding carboxylic acids is 1. The van der Waals surface area contributed by atoms with Gasteiger partial charge in [0.1, 0.15) is 5.69 Å². The number of aromatic nitrogens is 5. The molecule has 1 amide bonds. The van der Waals surface area contributed by atoms with Gasteiger partial charge in [0.05, 0.1) is 28.9 Å². The molecule has 0 unspecified atom stereocenters. The monoisotopic (exact) mass is 629 g/mol. The largest absolute Gasteiger partial charge is 0.393 e. The summed E-state index contributed by atoms with van der Waals surface area (Å²) >= 11 is 0. The molecule has 11 nitrogen and oxygen atoms in total. The van der Waals surface area contributed by atoms with Gasteiger partial charge in [0.15, 0.2) is 5.82 Å². The second-order valence-electron chi connectivity index (χ2n) is 13.2. The summed E-state index contributed by atoms with van der Waals surface area (Å²) in [6.45, 7) is 8.38. The van der Waals surface area contributed by atoms with Crippen LogP contribution < -0.4 is 10.2 Å². The van der Waals surface area contributed by atoms with Crippen molar-refractivity contribution in [2.45, 2.75) is 63.6 Å². The number of pyridine rings is 1. The Labute approximate surface area is 269 Å². The van der Waals surface area contributed by atoms with E-state index in [4.69, 9.17) is 4.98 Å². The molecule has 2 N–H and O–H groups in total. The summed E-state index contributed by atoms with van der Waals surface area (Å²) in [5.74, 6) is -0.884. The predicted molar refractivity (Wildman–Crippen MR) is 177 cm³/mol. The van der Waals surface area contributed by atoms with E-state index in [0.717, 1.165) is 87.4 Å². The smallest absolute Gasteiger partial charge is 0.261 e. The Morgan fingerprint density at radius 3 is 2.39 bits per heavy atom. The van der Waals surface area contributed by atoms with Gasteiger partial charge >= 0.3 is 0 Å². The van der Waals surface area contributed by atoms with Gasteiger partial charge in [-0.05, 0) is 76.8 Å². The van der Waals surface area contributed by atoms with Crippen molar-refractivity contribution < 1.29 is 14.3 Å². The van der Waals surface area contributed by atoms with E-state index < -0.39 is 11.7 Å². The number of rotatable bonds is 6. The minimum Gasteiger partial charge on any atom is -0.393 e. The molecule has 0 spiro atoms. The third kappa shape index (κ3) is 5.89. The lowest BCUT2D eigenvalue weighted by Crippen LogP contribution is -2.52. The summed E-state index contributed by atoms with van der Waals surface area (Å²) in [4.78, 5) is 30.3. The van der Waals surface area contributed by atoms with Crippen LogP contribution in [0.3, 0.4) is 0 Å². The number of hydrogen-bond acceptors (Lipinski definition) is 8. The highest BCUT2D eigenvalue weighted by molar-refractivity contribution is 6.05. The molecule has 4 aromatic rings. The maximum Gasteiger partial charge on any atom is 0.261 e. The SMILES string of the molecule is Cc1c(-c2nccc(C(=O)Nc3nc4cc(N5CCC(N6CCN(C)CC6)CC5)ccc4n3[C@H]3CC[C@@H](O)CC3)c2F)cnn1C. The number of anilines is 2. The van der Waals surface area contributed by atoms with Crippen LogP contribution in [0.2, 0.25) is 0 Å². The lowest BCUT2D eigenvalue weighted by atomic mass is 9.93. The zero-order valence-corrected chi connectivity index (χ0v) is 27.0. The van der Waals surface area contributed by atoms with Gasteiger partial charge in [0.25, 0.3) is 5.91 Å². The molecular weight excluding hydrogens is 585 g/mol. The van der Waals surface area contributed by atoms with Gasteiger partial charge in [-0.15, -0.1) is 0 Å². The lowest BCUT2D eigenvalue weighted by Gasteiger charge is -2.42. The van der Waals surface area contributed by atoms with E-state index in [1.165, 1.54) is 12.3 Å². The average molecular weight is 630 g/mol. The molecule has 1 aromatic carbocycles. The van der Waals surface area contributed by atoms with Crippen LogP contribution in [0.5, 0.6) is 0 Å². The fraction of sp³-hybridized carbons (Fsp3) is 0.529. The fourth-order valence-electron chi connectivity index (χ4n) is 7.44. The first-order chi connectivity index (χ1) is 22.3. The number of aliphatic hydroxyl groups excluding tert-OH is 1. The van der Waals surface area contributed by atoms with E-state index >= 15 is 4.39 Å². The van der Waals surface area contributed by atoms with Crippen LogP contribution in [0.1, 0.15) is 60.6 Å². The summed E-state index contributed by atoms with van der Waals surface area (Å²) in [6, 6.07) is 8.46. The van der Waals surface area contributed by atoms with Gasteiger partial charge < -0.3 is 19.5 Å². The van der Waals surface area contributed by atoms with Crippen molar-refractivity contribution in [3.63, 3.8) is 0 Å². The first-order valence-corrected chi connectivity index (χ1v) is 16.6. The minimum absolute atomic E-state index is 0.0600. The summed E-state index contributed by atoms with van der Waals surface area (Å²) in [5.41, 5.74) is 4.13. The molecule has 0 bridgehead atoms. The van der Waals surface area contributed by atoms with Crippen molar-refractivity contribution >= 4 is 28.6 Å². The number of halogens is 1. The fourth-order valence-corrected chi connectivity index (χ4v) is 7.44. The molecule has 3 aliphatic rings. The molecule has 2 aliphatic heterocycles. The van der Waals surface area contributed by atoms with E-state index in [0.29, 0.717) is 30.4 Å². The number of likely N-dealkylation sites (N-methyl/N-ethyl adjacent to an activating group) is 1. The van der Waals surface area contributed by atoms with Crippen LogP contribution in [-0.2, 0) is 7.05 Å². The number of nitrogens with zero attached hydrogens (tertiary/aromatic N) is 8. The average Bonchev–Trinajstić information content (AvgIpc) is 3.59. The van der Waals surface area contributed by atoms with Gasteiger partial charge in [-0.3, -0.25) is 24.7 Å². The number of imidazole rings is 1. The van der Waals surface area contributed by atoms with Crippen LogP contribution in [0.25, 0.3) is 22.3 Å². The molecule has 0 radical (unpaired) electrons. The number of hydrogen-bond donors (Lipinski definition) is 2. The van der Waals surface area contributed by atoms with Crippen molar-refractivity contribution in [3.05, 3.63) is 53.7 Å². The predicted octanol–water partition coefficient (Wildman–Crippen LogP) is 4.22. The zero-order valence-electron chi connectivity index (χ0n) is 27.0. The van der Waals surface area contributed by atoms with E-state index in [9.17, 15) is 9.90 Å². The van der Waals surface area contributed by atoms with Gasteiger partial charge in [0.2, 0.25) is 5.95 Å². The zero-order chi connectivity index (χ0) is 31.9. The van der Waals surface area contributed by atoms with E-state index in [1.54, 1.807) is 17.9 Å². The Bertz CT molecular complexity index is 1710. The second kappa shape index (κ2) is 12.7. The van der Waals surface area contributed by atoms with Crippen LogP contribution in [0.15, 0.2) is 36.7 Å². The lowest BCUT2D eigenvalue weighted by molar-refractivity contribution is 0.0982. The third-order valence-electron chi connectivity index (χ3n) is 10.4. The molecule has 3 fully saturated rings. The molecule has 2 saturated heterocycles. The first-order valence-electron chi connectivity index (χ1n) is 16.6. The van der Waals surface area contributed by atoms with Crippen LogP contribution in [0.4, 0.5) is 16.0 Å². The molecule has 1 aliphatic carbocycles. The molecule has 5 heterocycles. The van der Waals surface area contributed by atoms with Crippen LogP contribution >= 0.6 is 0 Å². The third-order valence-corrected chi connectivity index (χ3v) is 10.4. The number of carbonyl (C=O) groups is 1. The molecule has 7 rings (SSSR count). The molecule has 3 aromatic heterocycles. The highest BCUT2D eigenvalue weighted by atomic mass is 19.1. The Balaban J connectivity index is 1.15. The van der Waals surface area contributed by atoms with E-state index in [-0.39, 0.29) is 23.4 Å². The number of aryl methyl sites for hydroxylation is 1. The summed E-state index contributed by atoms with van der Waals surface area (Å²) < 4.78 is 19.5. The molecule has 46 heavy (non-hydrogen) atoms. The summed E-state index contributed by atoms with van der Waals surface area (Å²) in [7, 11) is 3.98. The molecule has 0 atom stereocenters. The second-order valence-corrected chi connectivity index (χ2v) is 13.2. The van der Waals surface area contributed by atoms with Crippen molar-refractivity contribution in [1.82, 2.24) is 34.1 Å². The standard InChI is InChI=1S/C34H44FN9O2/c1-22-28(21-37-41(22)3)32-31(35)27(10-13-36-32)33(46)39-34-38-29-20-25(6-9-30(29)44(34)24-4-7-26(45)8-5-24)42-14-11-23(12-15-42)43-18-16-40(2)17-19-43/h6,9-10,13,20-21,23-24,26,45H,4-5,7-8,11-12,14-19H2,1-3H3,(H,38,39,46)/t24-,26+. The summed E-state index contributed by atoms with van der Waals surface area (Å²) in [6.07, 6.45) is 7.88. The van der Waals surface area contributed by atoms with Gasteiger partial charge in [-0.1, -0.05) is 0 Å². The first kappa shape index (κ1) is 30.8. The van der Waals surface area contributed by atoms with Crippen molar-refractivity contribution in [3.8, 4) is 11.3 Å². The molecular formula is C34H44FN9O2. The Kier molecular flexibility index (Phi) is 8.51. The minimum atomic E-state index is -0.693. The Morgan fingerprint density at radius 2 is 1.70 bits per heavy atom. The highest BCUT2D eigenvalue weighted by Crippen LogP contribution is 2.36. The number of benzene rings is 1. The van der Waals surface area contributed by atoms with Gasteiger partial charge in [0, 0.05) is 81.5 Å². The number of nitrogens with one attached hydrogen (secondary N) is 1. The maximum atomic E-state index is 15.8. The quantitative estimate of drug-likeness (QED) is 0.327. The maximum absolute atomic E-state index is 15.8. The Hall–Kier alpha value is -3.87. The van der Waals surface area contributed by atoms with Crippen molar-refractivity contribution in [1.29, 1.82) is 0 Å². The highest BCUT2D eigenvalue weighted by Gasteiger charge is 2.29.